The van der Waals surface area contributed by atoms with Crippen molar-refractivity contribution in [1.82, 2.24) is 5.32 Å². The molecule has 0 aromatic heterocycles. The van der Waals surface area contributed by atoms with E-state index in [9.17, 15) is 0 Å². The summed E-state index contributed by atoms with van der Waals surface area (Å²) in [6.07, 6.45) is 4.14. The van der Waals surface area contributed by atoms with E-state index in [4.69, 9.17) is 0 Å². The molecule has 1 rings (SSSR count). The minimum Gasteiger partial charge on any atom is -0.312 e. The van der Waals surface area contributed by atoms with E-state index in [1.54, 1.807) is 0 Å². The molecule has 0 radical (unpaired) electrons. The van der Waals surface area contributed by atoms with Gasteiger partial charge in [0.2, 0.25) is 0 Å². The van der Waals surface area contributed by atoms with Crippen LogP contribution in [0.4, 0.5) is 0 Å². The van der Waals surface area contributed by atoms with Gasteiger partial charge in [-0.1, -0.05) is 6.08 Å². The summed E-state index contributed by atoms with van der Waals surface area (Å²) in [5, 5.41) is 5.34. The molecule has 3 heteroatoms. The van der Waals surface area contributed by atoms with E-state index in [2.05, 4.69) is 35.5 Å². The number of nitrogens with one attached hydrogen (secondary N) is 1. The molecule has 0 saturated carbocycles. The fraction of sp³-hybridized carbons (Fsp3) is 0.333. The van der Waals surface area contributed by atoms with Crippen molar-refractivity contribution in [2.45, 2.75) is 0 Å². The molecule has 9 heavy (non-hydrogen) atoms. The molecule has 0 fully saturated rings. The third-order valence-corrected chi connectivity index (χ3v) is 3.98. The Morgan fingerprint density at radius 2 is 2.56 bits per heavy atom. The van der Waals surface area contributed by atoms with Gasteiger partial charge in [0.25, 0.3) is 0 Å². The van der Waals surface area contributed by atoms with Crippen LogP contribution in [0.2, 0.25) is 0 Å². The van der Waals surface area contributed by atoms with Gasteiger partial charge < -0.3 is 5.32 Å². The van der Waals surface area contributed by atoms with Crippen molar-refractivity contribution in [1.29, 1.82) is 0 Å². The summed E-state index contributed by atoms with van der Waals surface area (Å²) >= 11 is 4.31. The first-order valence-electron chi connectivity index (χ1n) is 2.83. The van der Waals surface area contributed by atoms with Gasteiger partial charge in [0, 0.05) is 10.1 Å². The van der Waals surface area contributed by atoms with Gasteiger partial charge >= 0.3 is 0 Å². The summed E-state index contributed by atoms with van der Waals surface area (Å²) < 4.78 is 1.22. The van der Waals surface area contributed by atoms with Gasteiger partial charge in [0.15, 0.2) is 0 Å². The summed E-state index contributed by atoms with van der Waals surface area (Å²) in [5.41, 5.74) is 0. The third-order valence-electron chi connectivity index (χ3n) is 1.13. The Balaban J connectivity index is 2.43. The molecule has 1 unspecified atom stereocenters. The Bertz CT molecular complexity index is 151. The zero-order valence-electron chi connectivity index (χ0n) is 5.33. The molecule has 1 aliphatic heterocycles. The van der Waals surface area contributed by atoms with E-state index in [0.29, 0.717) is 0 Å². The normalized spacial score (nSPS) is 28.7. The van der Waals surface area contributed by atoms with Gasteiger partial charge in [-0.25, -0.2) is 0 Å². The molecule has 0 amide bonds. The highest BCUT2D eigenvalue weighted by atomic mass is 32.2. The van der Waals surface area contributed by atoms with Crippen molar-refractivity contribution in [3.63, 3.8) is 0 Å². The van der Waals surface area contributed by atoms with Crippen LogP contribution in [-0.4, -0.2) is 12.9 Å². The second-order valence-corrected chi connectivity index (χ2v) is 4.72. The molecule has 1 aliphatic rings. The maximum atomic E-state index is 4.31. The molecule has 1 N–H and O–H groups in total. The second kappa shape index (κ2) is 3.34. The lowest BCUT2D eigenvalue weighted by molar-refractivity contribution is 0.983. The lowest BCUT2D eigenvalue weighted by Gasteiger charge is -2.11. The smallest absolute Gasteiger partial charge is 0.0309 e. The van der Waals surface area contributed by atoms with Crippen LogP contribution in [0, 0.1) is 0 Å². The summed E-state index contributed by atoms with van der Waals surface area (Å²) in [4.78, 5) is 0. The molecule has 0 bridgehead atoms. The molecule has 0 saturated heterocycles. The fourth-order valence-corrected chi connectivity index (χ4v) is 2.54. The highest BCUT2D eigenvalue weighted by Crippen LogP contribution is 2.41. The maximum Gasteiger partial charge on any atom is 0.0309 e. The highest BCUT2D eigenvalue weighted by Gasteiger charge is 2.03. The molecule has 1 atom stereocenters. The zero-order chi connectivity index (χ0) is 6.69. The van der Waals surface area contributed by atoms with Crippen LogP contribution in [0.5, 0.6) is 0 Å². The molecular weight excluding hydrogens is 150 g/mol. The molecule has 0 spiro atoms. The first-order chi connectivity index (χ1) is 4.34. The number of hydrogen-bond acceptors (Lipinski definition) is 2. The quantitative estimate of drug-likeness (QED) is 0.521. The second-order valence-electron chi connectivity index (χ2n) is 1.85. The average Bonchev–Trinajstić information content (AvgIpc) is 2.18. The highest BCUT2D eigenvalue weighted by molar-refractivity contribution is 8.30. The van der Waals surface area contributed by atoms with E-state index in [-0.39, 0.29) is 10.9 Å². The van der Waals surface area contributed by atoms with Crippen molar-refractivity contribution in [3.8, 4) is 0 Å². The number of allylic oxidation sites excluding steroid dienone is 2. The number of hydrogen-bond donors (Lipinski definition) is 3. The van der Waals surface area contributed by atoms with Gasteiger partial charge in [-0.2, -0.15) is 10.9 Å². The van der Waals surface area contributed by atoms with Gasteiger partial charge in [0.05, 0.1) is 0 Å². The molecular formula is C6H11NS2. The largest absolute Gasteiger partial charge is 0.312 e. The van der Waals surface area contributed by atoms with Gasteiger partial charge in [-0.05, 0) is 18.5 Å². The van der Waals surface area contributed by atoms with Gasteiger partial charge in [-0.15, -0.1) is 12.6 Å². The lowest BCUT2D eigenvalue weighted by Crippen LogP contribution is -2.06. The average molecular weight is 161 g/mol. The van der Waals surface area contributed by atoms with E-state index in [1.165, 1.54) is 4.24 Å². The Kier molecular flexibility index (Phi) is 2.69. The first-order valence-corrected chi connectivity index (χ1v) is 4.87. The summed E-state index contributed by atoms with van der Waals surface area (Å²) in [7, 11) is 1.90. The van der Waals surface area contributed by atoms with Crippen molar-refractivity contribution in [2.24, 2.45) is 0 Å². The minimum absolute atomic E-state index is 0.0728. The van der Waals surface area contributed by atoms with Crippen molar-refractivity contribution in [2.75, 3.05) is 12.9 Å². The molecule has 52 valence electrons. The summed E-state index contributed by atoms with van der Waals surface area (Å²) in [6, 6.07) is 0. The molecule has 0 aromatic rings. The van der Waals surface area contributed by atoms with E-state index in [1.807, 2.05) is 7.05 Å². The lowest BCUT2D eigenvalue weighted by atomic mass is 10.6. The van der Waals surface area contributed by atoms with Crippen LogP contribution in [0.15, 0.2) is 21.8 Å². The Labute approximate surface area is 64.0 Å². The topological polar surface area (TPSA) is 12.0 Å². The summed E-state index contributed by atoms with van der Waals surface area (Å²) in [5.74, 6) is 1.06. The monoisotopic (exact) mass is 161 g/mol. The number of rotatable bonds is 2. The molecule has 0 aromatic carbocycles. The molecule has 1 nitrogen and oxygen atoms in total. The first kappa shape index (κ1) is 7.25. The predicted octanol–water partition coefficient (Wildman–Crippen LogP) is 1.46. The van der Waals surface area contributed by atoms with Gasteiger partial charge in [0.1, 0.15) is 0 Å². The zero-order valence-corrected chi connectivity index (χ0v) is 7.12. The number of thiol groups is 2. The predicted molar refractivity (Wildman–Crippen MR) is 49.1 cm³/mol. The van der Waals surface area contributed by atoms with Crippen molar-refractivity contribution >= 4 is 23.5 Å². The summed E-state index contributed by atoms with van der Waals surface area (Å²) in [6.45, 7) is 0. The third kappa shape index (κ3) is 1.78. The molecule has 0 aliphatic carbocycles. The van der Waals surface area contributed by atoms with Crippen molar-refractivity contribution < 1.29 is 0 Å². The van der Waals surface area contributed by atoms with Crippen LogP contribution >= 0.6 is 23.5 Å². The van der Waals surface area contributed by atoms with E-state index in [0.717, 1.165) is 5.88 Å². The minimum atomic E-state index is -0.0728. The standard InChI is InChI=1S/C6H11NS2/c1-7-5-9-4-2-3-6(9)8/h2-4,7-9H,5H2,1H3. The van der Waals surface area contributed by atoms with Crippen LogP contribution in [0.3, 0.4) is 0 Å². The maximum absolute atomic E-state index is 4.31. The van der Waals surface area contributed by atoms with Crippen LogP contribution in [0.25, 0.3) is 0 Å². The SMILES string of the molecule is CNC[SH]1C=CC=C1S. The Hall–Kier alpha value is 0.140. The van der Waals surface area contributed by atoms with E-state index >= 15 is 0 Å². The van der Waals surface area contributed by atoms with Crippen LogP contribution in [-0.2, 0) is 0 Å². The van der Waals surface area contributed by atoms with Crippen LogP contribution in [0.1, 0.15) is 0 Å². The van der Waals surface area contributed by atoms with Gasteiger partial charge in [-0.3, -0.25) is 0 Å². The van der Waals surface area contributed by atoms with E-state index < -0.39 is 0 Å². The van der Waals surface area contributed by atoms with Crippen molar-refractivity contribution in [3.05, 3.63) is 21.8 Å². The Morgan fingerprint density at radius 3 is 3.00 bits per heavy atom. The fourth-order valence-electron chi connectivity index (χ4n) is 0.709. The molecule has 1 heterocycles. The Morgan fingerprint density at radius 1 is 1.78 bits per heavy atom. The van der Waals surface area contributed by atoms with Crippen LogP contribution < -0.4 is 5.32 Å².